The van der Waals surface area contributed by atoms with Crippen LogP contribution in [-0.4, -0.2) is 29.9 Å². The number of ether oxygens (including phenoxy) is 2. The molecule has 4 nitrogen and oxygen atoms in total. The Morgan fingerprint density at radius 3 is 2.04 bits per heavy atom. The van der Waals surface area contributed by atoms with Crippen LogP contribution in [0.4, 0.5) is 0 Å². The summed E-state index contributed by atoms with van der Waals surface area (Å²) in [6.07, 6.45) is 2.61. The third-order valence-corrected chi connectivity index (χ3v) is 4.99. The van der Waals surface area contributed by atoms with Crippen LogP contribution in [0.1, 0.15) is 39.2 Å². The van der Waals surface area contributed by atoms with Gasteiger partial charge in [0.25, 0.3) is 0 Å². The van der Waals surface area contributed by atoms with E-state index >= 15 is 0 Å². The lowest BCUT2D eigenvalue weighted by Gasteiger charge is -2.27. The number of rotatable bonds is 6. The maximum absolute atomic E-state index is 10.4. The van der Waals surface area contributed by atoms with Gasteiger partial charge in [0.15, 0.2) is 0 Å². The lowest BCUT2D eigenvalue weighted by molar-refractivity contribution is 0.133. The van der Waals surface area contributed by atoms with Crippen molar-refractivity contribution in [2.75, 3.05) is 7.11 Å². The highest BCUT2D eigenvalue weighted by atomic mass is 16.5. The number of methoxy groups -OCH3 is 1. The summed E-state index contributed by atoms with van der Waals surface area (Å²) < 4.78 is 11.0. The summed E-state index contributed by atoms with van der Waals surface area (Å²) in [4.78, 5) is 0. The third-order valence-electron chi connectivity index (χ3n) is 4.99. The van der Waals surface area contributed by atoms with Gasteiger partial charge in [0.2, 0.25) is 0 Å². The number of hydrogen-bond acceptors (Lipinski definition) is 4. The van der Waals surface area contributed by atoms with Gasteiger partial charge < -0.3 is 19.9 Å². The molecule has 2 aromatic rings. The monoisotopic (exact) mass is 369 g/mol. The molecule has 0 saturated heterocycles. The van der Waals surface area contributed by atoms with Crippen molar-refractivity contribution in [3.8, 4) is 17.2 Å². The molecule has 4 heteroatoms. The fourth-order valence-electron chi connectivity index (χ4n) is 3.80. The van der Waals surface area contributed by atoms with Crippen LogP contribution in [0.15, 0.2) is 48.5 Å². The number of hydrogen-bond donors (Lipinski definition) is 2. The summed E-state index contributed by atoms with van der Waals surface area (Å²) in [5.74, 6) is 2.94. The van der Waals surface area contributed by atoms with Crippen molar-refractivity contribution in [3.05, 3.63) is 54.1 Å². The molecule has 1 saturated carbocycles. The molecule has 2 aromatic carbocycles. The zero-order valence-electron chi connectivity index (χ0n) is 16.7. The Labute approximate surface area is 162 Å². The van der Waals surface area contributed by atoms with Crippen LogP contribution >= 0.6 is 0 Å². The Kier molecular flexibility index (Phi) is 6.08. The van der Waals surface area contributed by atoms with Crippen LogP contribution in [0.3, 0.4) is 0 Å². The van der Waals surface area contributed by atoms with E-state index in [0.717, 1.165) is 36.5 Å². The van der Waals surface area contributed by atoms with Crippen molar-refractivity contribution < 1.29 is 14.6 Å². The molecular formula is C23H31NO3. The first-order valence-electron chi connectivity index (χ1n) is 9.69. The standard InChI is InChI=1S/C23H31NO3/c1-23(2,3)24-21-14-17(15-22(21)25)13-16-5-7-19(8-6-16)27-20-11-9-18(26-4)10-12-20/h5-12,17,21-22,24-25H,13-15H2,1-4H3/t17-,21-,22-/m1/s1. The van der Waals surface area contributed by atoms with E-state index in [1.165, 1.54) is 5.56 Å². The molecule has 0 aromatic heterocycles. The van der Waals surface area contributed by atoms with Gasteiger partial charge in [0, 0.05) is 11.6 Å². The van der Waals surface area contributed by atoms with Crippen molar-refractivity contribution in [2.24, 2.45) is 5.92 Å². The van der Waals surface area contributed by atoms with Gasteiger partial charge in [0.05, 0.1) is 13.2 Å². The molecule has 1 fully saturated rings. The van der Waals surface area contributed by atoms with Crippen LogP contribution in [0.5, 0.6) is 17.2 Å². The molecule has 2 N–H and O–H groups in total. The number of benzene rings is 2. The second-order valence-corrected chi connectivity index (χ2v) is 8.53. The topological polar surface area (TPSA) is 50.7 Å². The van der Waals surface area contributed by atoms with Crippen LogP contribution < -0.4 is 14.8 Å². The van der Waals surface area contributed by atoms with Crippen LogP contribution in [-0.2, 0) is 6.42 Å². The molecular weight excluding hydrogens is 338 g/mol. The SMILES string of the molecule is COc1ccc(Oc2ccc(C[C@H]3C[C@@H](O)[C@H](NC(C)(C)C)C3)cc2)cc1. The van der Waals surface area contributed by atoms with Gasteiger partial charge in [-0.05, 0) is 87.9 Å². The molecule has 1 aliphatic carbocycles. The summed E-state index contributed by atoms with van der Waals surface area (Å²) >= 11 is 0. The van der Waals surface area contributed by atoms with E-state index < -0.39 is 0 Å². The van der Waals surface area contributed by atoms with E-state index in [2.05, 4.69) is 38.2 Å². The Hall–Kier alpha value is -2.04. The highest BCUT2D eigenvalue weighted by Gasteiger charge is 2.34. The van der Waals surface area contributed by atoms with E-state index in [4.69, 9.17) is 9.47 Å². The number of aliphatic hydroxyl groups excluding tert-OH is 1. The van der Waals surface area contributed by atoms with Gasteiger partial charge in [-0.15, -0.1) is 0 Å². The molecule has 27 heavy (non-hydrogen) atoms. The second-order valence-electron chi connectivity index (χ2n) is 8.53. The molecule has 0 radical (unpaired) electrons. The van der Waals surface area contributed by atoms with E-state index in [1.54, 1.807) is 7.11 Å². The smallest absolute Gasteiger partial charge is 0.127 e. The van der Waals surface area contributed by atoms with Crippen molar-refractivity contribution >= 4 is 0 Å². The molecule has 3 rings (SSSR count). The van der Waals surface area contributed by atoms with Gasteiger partial charge in [0.1, 0.15) is 17.2 Å². The number of nitrogens with one attached hydrogen (secondary N) is 1. The van der Waals surface area contributed by atoms with Gasteiger partial charge in [-0.3, -0.25) is 0 Å². The molecule has 0 unspecified atom stereocenters. The van der Waals surface area contributed by atoms with Crippen molar-refractivity contribution in [2.45, 2.75) is 57.7 Å². The van der Waals surface area contributed by atoms with E-state index in [-0.39, 0.29) is 17.7 Å². The summed E-state index contributed by atoms with van der Waals surface area (Å²) in [6.45, 7) is 6.44. The summed E-state index contributed by atoms with van der Waals surface area (Å²) in [7, 11) is 1.65. The minimum Gasteiger partial charge on any atom is -0.497 e. The summed E-state index contributed by atoms with van der Waals surface area (Å²) in [5.41, 5.74) is 1.31. The van der Waals surface area contributed by atoms with Crippen molar-refractivity contribution in [1.82, 2.24) is 5.32 Å². The molecule has 3 atom stereocenters. The zero-order chi connectivity index (χ0) is 19.4. The highest BCUT2D eigenvalue weighted by molar-refractivity contribution is 5.36. The minimum absolute atomic E-state index is 0.0288. The lowest BCUT2D eigenvalue weighted by Crippen LogP contribution is -2.47. The molecule has 146 valence electrons. The molecule has 0 bridgehead atoms. The molecule has 0 heterocycles. The number of aliphatic hydroxyl groups is 1. The first kappa shape index (κ1) is 19.7. The Bertz CT molecular complexity index is 719. The fourth-order valence-corrected chi connectivity index (χ4v) is 3.80. The largest absolute Gasteiger partial charge is 0.497 e. The summed E-state index contributed by atoms with van der Waals surface area (Å²) in [6, 6.07) is 16.0. The predicted octanol–water partition coefficient (Wildman–Crippen LogP) is 4.56. The van der Waals surface area contributed by atoms with Gasteiger partial charge in [-0.25, -0.2) is 0 Å². The van der Waals surface area contributed by atoms with Gasteiger partial charge >= 0.3 is 0 Å². The maximum Gasteiger partial charge on any atom is 0.127 e. The first-order chi connectivity index (χ1) is 12.8. The van der Waals surface area contributed by atoms with Crippen LogP contribution in [0.2, 0.25) is 0 Å². The Morgan fingerprint density at radius 2 is 1.48 bits per heavy atom. The van der Waals surface area contributed by atoms with E-state index in [9.17, 15) is 5.11 Å². The average Bonchev–Trinajstić information content (AvgIpc) is 2.94. The zero-order valence-corrected chi connectivity index (χ0v) is 16.7. The predicted molar refractivity (Wildman–Crippen MR) is 109 cm³/mol. The lowest BCUT2D eigenvalue weighted by atomic mass is 9.97. The summed E-state index contributed by atoms with van der Waals surface area (Å²) in [5, 5.41) is 13.9. The Balaban J connectivity index is 1.54. The Morgan fingerprint density at radius 1 is 0.926 bits per heavy atom. The quantitative estimate of drug-likeness (QED) is 0.784. The van der Waals surface area contributed by atoms with Crippen molar-refractivity contribution in [3.63, 3.8) is 0 Å². The normalized spacial score (nSPS) is 22.6. The fraction of sp³-hybridized carbons (Fsp3) is 0.478. The third kappa shape index (κ3) is 5.72. The molecule has 0 aliphatic heterocycles. The van der Waals surface area contributed by atoms with Gasteiger partial charge in [-0.1, -0.05) is 12.1 Å². The van der Waals surface area contributed by atoms with E-state index in [0.29, 0.717) is 5.92 Å². The average molecular weight is 370 g/mol. The molecule has 0 spiro atoms. The minimum atomic E-state index is -0.257. The van der Waals surface area contributed by atoms with Crippen LogP contribution in [0.25, 0.3) is 0 Å². The van der Waals surface area contributed by atoms with Crippen molar-refractivity contribution in [1.29, 1.82) is 0 Å². The molecule has 1 aliphatic rings. The maximum atomic E-state index is 10.4. The molecule has 0 amide bonds. The van der Waals surface area contributed by atoms with Gasteiger partial charge in [-0.2, -0.15) is 0 Å². The van der Waals surface area contributed by atoms with E-state index in [1.807, 2.05) is 36.4 Å². The van der Waals surface area contributed by atoms with Crippen LogP contribution in [0, 0.1) is 5.92 Å². The second kappa shape index (κ2) is 8.32. The highest BCUT2D eigenvalue weighted by Crippen LogP contribution is 2.31. The first-order valence-corrected chi connectivity index (χ1v) is 9.69.